The van der Waals surface area contributed by atoms with Gasteiger partial charge in [-0.3, -0.25) is 0 Å². The Hall–Kier alpha value is -5.02. The van der Waals surface area contributed by atoms with Gasteiger partial charge in [0.1, 0.15) is 0 Å². The first-order valence-corrected chi connectivity index (χ1v) is 23.0. The Morgan fingerprint density at radius 1 is 0.459 bits per heavy atom. The predicted molar refractivity (Wildman–Crippen MR) is 265 cm³/mol. The standard InChI is InChI=1S/C58H65BN2/c1-35-26-51-53-52(27-35)61(48-32-44-41(29-37(48)3)57(11,12)34-58(44,13)14)50-33-43-42(55(7,8)24-25-56(43,9)10)31-46(50)59(53)45-22-21-40(54(4,5)6)30-49(45)60(51)47-23-20-39(28-36(47)2)38-18-16-15-17-19-38/h15-23,26-33H,24-25,34H2,1-14H3. The van der Waals surface area contributed by atoms with Gasteiger partial charge in [0.05, 0.1) is 0 Å². The van der Waals surface area contributed by atoms with Gasteiger partial charge in [-0.05, 0) is 182 Å². The Labute approximate surface area is 367 Å². The zero-order valence-electron chi connectivity index (χ0n) is 39.4. The lowest BCUT2D eigenvalue weighted by atomic mass is 9.33. The van der Waals surface area contributed by atoms with Gasteiger partial charge in [0.15, 0.2) is 0 Å². The topological polar surface area (TPSA) is 6.48 Å². The highest BCUT2D eigenvalue weighted by Gasteiger charge is 2.48. The van der Waals surface area contributed by atoms with E-state index in [1.807, 2.05) is 0 Å². The Balaban J connectivity index is 1.31. The fourth-order valence-corrected chi connectivity index (χ4v) is 12.2. The van der Waals surface area contributed by atoms with Crippen molar-refractivity contribution >= 4 is 57.2 Å². The lowest BCUT2D eigenvalue weighted by Crippen LogP contribution is -2.62. The minimum Gasteiger partial charge on any atom is -0.311 e. The van der Waals surface area contributed by atoms with Crippen LogP contribution < -0.4 is 26.2 Å². The van der Waals surface area contributed by atoms with E-state index < -0.39 is 0 Å². The summed E-state index contributed by atoms with van der Waals surface area (Å²) < 4.78 is 0. The summed E-state index contributed by atoms with van der Waals surface area (Å²) >= 11 is 0. The van der Waals surface area contributed by atoms with Crippen molar-refractivity contribution < 1.29 is 0 Å². The van der Waals surface area contributed by atoms with Crippen LogP contribution in [0, 0.1) is 20.8 Å². The summed E-state index contributed by atoms with van der Waals surface area (Å²) in [5.41, 5.74) is 26.2. The van der Waals surface area contributed by atoms with Crippen LogP contribution in [0.3, 0.4) is 0 Å². The van der Waals surface area contributed by atoms with Crippen molar-refractivity contribution in [3.8, 4) is 11.1 Å². The summed E-state index contributed by atoms with van der Waals surface area (Å²) in [4.78, 5) is 5.34. The molecule has 0 saturated heterocycles. The number of nitrogens with zero attached hydrogens (tertiary/aromatic N) is 2. The average Bonchev–Trinajstić information content (AvgIpc) is 3.37. The van der Waals surface area contributed by atoms with Crippen LogP contribution in [0.15, 0.2) is 103 Å². The smallest absolute Gasteiger partial charge is 0.252 e. The van der Waals surface area contributed by atoms with E-state index in [0.29, 0.717) is 0 Å². The van der Waals surface area contributed by atoms with Crippen molar-refractivity contribution in [2.24, 2.45) is 0 Å². The summed E-state index contributed by atoms with van der Waals surface area (Å²) in [6, 6.07) is 40.8. The van der Waals surface area contributed by atoms with Gasteiger partial charge in [-0.2, -0.15) is 0 Å². The summed E-state index contributed by atoms with van der Waals surface area (Å²) in [5, 5.41) is 0. The molecule has 6 aromatic rings. The van der Waals surface area contributed by atoms with Crippen LogP contribution >= 0.6 is 0 Å². The number of hydrogen-bond acceptors (Lipinski definition) is 2. The molecule has 310 valence electrons. The molecule has 0 unspecified atom stereocenters. The van der Waals surface area contributed by atoms with Crippen LogP contribution in [-0.4, -0.2) is 6.71 Å². The van der Waals surface area contributed by atoms with Crippen molar-refractivity contribution in [2.45, 2.75) is 143 Å². The maximum atomic E-state index is 2.71. The fraction of sp³-hybridized carbons (Fsp3) is 0.379. The van der Waals surface area contributed by atoms with E-state index in [4.69, 9.17) is 0 Å². The molecule has 2 nitrogen and oxygen atoms in total. The Morgan fingerprint density at radius 2 is 1.00 bits per heavy atom. The highest BCUT2D eigenvalue weighted by atomic mass is 15.2. The number of benzene rings is 6. The van der Waals surface area contributed by atoms with Crippen molar-refractivity contribution in [1.29, 1.82) is 0 Å². The zero-order chi connectivity index (χ0) is 43.3. The summed E-state index contributed by atoms with van der Waals surface area (Å²) in [6.07, 6.45) is 3.53. The molecule has 2 aliphatic carbocycles. The van der Waals surface area contributed by atoms with Gasteiger partial charge in [0, 0.05) is 34.1 Å². The van der Waals surface area contributed by atoms with Crippen molar-refractivity contribution in [3.05, 3.63) is 148 Å². The van der Waals surface area contributed by atoms with Gasteiger partial charge < -0.3 is 9.80 Å². The number of hydrogen-bond donors (Lipinski definition) is 0. The molecule has 0 fully saturated rings. The third-order valence-corrected chi connectivity index (χ3v) is 15.5. The molecular weight excluding hydrogens is 735 g/mol. The van der Waals surface area contributed by atoms with Crippen molar-refractivity contribution in [2.75, 3.05) is 9.80 Å². The minimum atomic E-state index is -0.00561. The average molecular weight is 801 g/mol. The number of rotatable bonds is 3. The molecule has 0 bridgehead atoms. The van der Waals surface area contributed by atoms with E-state index in [2.05, 4.69) is 210 Å². The second-order valence-electron chi connectivity index (χ2n) is 23.1. The van der Waals surface area contributed by atoms with Gasteiger partial charge in [0.2, 0.25) is 0 Å². The third-order valence-electron chi connectivity index (χ3n) is 15.5. The van der Waals surface area contributed by atoms with Gasteiger partial charge in [-0.25, -0.2) is 0 Å². The molecule has 6 aromatic carbocycles. The minimum absolute atomic E-state index is 0.00561. The third kappa shape index (κ3) is 6.03. The van der Waals surface area contributed by atoms with E-state index in [9.17, 15) is 0 Å². The highest BCUT2D eigenvalue weighted by Crippen LogP contribution is 2.55. The second kappa shape index (κ2) is 13.0. The van der Waals surface area contributed by atoms with E-state index in [1.54, 1.807) is 0 Å². The van der Waals surface area contributed by atoms with Gasteiger partial charge in [-0.1, -0.05) is 137 Å². The lowest BCUT2D eigenvalue weighted by molar-refractivity contribution is 0.332. The molecule has 0 saturated carbocycles. The van der Waals surface area contributed by atoms with Crippen LogP contribution in [0.25, 0.3) is 11.1 Å². The number of anilines is 6. The summed E-state index contributed by atoms with van der Waals surface area (Å²) in [5.74, 6) is 0. The predicted octanol–water partition coefficient (Wildman–Crippen LogP) is 14.0. The monoisotopic (exact) mass is 801 g/mol. The van der Waals surface area contributed by atoms with Crippen LogP contribution in [0.1, 0.15) is 140 Å². The number of aryl methyl sites for hydroxylation is 3. The molecule has 3 heteroatoms. The highest BCUT2D eigenvalue weighted by molar-refractivity contribution is 7.00. The normalized spacial score (nSPS) is 18.6. The molecule has 0 aromatic heterocycles. The van der Waals surface area contributed by atoms with Crippen molar-refractivity contribution in [3.63, 3.8) is 0 Å². The molecule has 0 amide bonds. The zero-order valence-corrected chi connectivity index (χ0v) is 39.4. The molecular formula is C58H65BN2. The SMILES string of the molecule is Cc1cc2c3c(c1)N(c1cc4c(cc1C)C(C)(C)CC4(C)C)c1cc4c(cc1B3c1ccc(C(C)(C)C)cc1N2c1ccc(-c2ccccc2)cc1C)C(C)(C)CCC4(C)C. The second-order valence-corrected chi connectivity index (χ2v) is 23.1. The van der Waals surface area contributed by atoms with E-state index in [1.165, 1.54) is 119 Å². The molecule has 2 heterocycles. The summed E-state index contributed by atoms with van der Waals surface area (Å²) in [6.45, 7) is 33.9. The van der Waals surface area contributed by atoms with Crippen LogP contribution in [0.4, 0.5) is 34.1 Å². The Morgan fingerprint density at radius 3 is 1.62 bits per heavy atom. The molecule has 2 aliphatic heterocycles. The van der Waals surface area contributed by atoms with E-state index in [0.717, 1.165) is 6.42 Å². The first-order chi connectivity index (χ1) is 28.6. The molecule has 4 aliphatic rings. The molecule has 0 radical (unpaired) electrons. The molecule has 0 spiro atoms. The van der Waals surface area contributed by atoms with Crippen molar-refractivity contribution in [1.82, 2.24) is 0 Å². The fourth-order valence-electron chi connectivity index (χ4n) is 12.2. The van der Waals surface area contributed by atoms with Gasteiger partial charge >= 0.3 is 0 Å². The first kappa shape index (κ1) is 40.1. The quantitative estimate of drug-likeness (QED) is 0.164. The van der Waals surface area contributed by atoms with Crippen LogP contribution in [-0.2, 0) is 27.1 Å². The van der Waals surface area contributed by atoms with Crippen LogP contribution in [0.5, 0.6) is 0 Å². The first-order valence-electron chi connectivity index (χ1n) is 23.0. The maximum absolute atomic E-state index is 2.71. The number of fused-ring (bicyclic) bond motifs is 6. The van der Waals surface area contributed by atoms with E-state index in [-0.39, 0.29) is 33.8 Å². The van der Waals surface area contributed by atoms with Gasteiger partial charge in [0.25, 0.3) is 6.71 Å². The molecule has 61 heavy (non-hydrogen) atoms. The lowest BCUT2D eigenvalue weighted by Gasteiger charge is -2.48. The maximum Gasteiger partial charge on any atom is 0.252 e. The summed E-state index contributed by atoms with van der Waals surface area (Å²) in [7, 11) is 0. The Bertz CT molecular complexity index is 2810. The van der Waals surface area contributed by atoms with E-state index >= 15 is 0 Å². The molecule has 10 rings (SSSR count). The molecule has 0 atom stereocenters. The largest absolute Gasteiger partial charge is 0.311 e. The van der Waals surface area contributed by atoms with Gasteiger partial charge in [-0.15, -0.1) is 0 Å². The van der Waals surface area contributed by atoms with Crippen LogP contribution in [0.2, 0.25) is 0 Å². The Kier molecular flexibility index (Phi) is 8.55. The molecule has 0 N–H and O–H groups in total.